The summed E-state index contributed by atoms with van der Waals surface area (Å²) < 4.78 is 0. The molecule has 2 heterocycles. The van der Waals surface area contributed by atoms with Crippen molar-refractivity contribution in [2.75, 3.05) is 11.9 Å². The number of imide groups is 1. The molecule has 2 atom stereocenters. The zero-order valence-electron chi connectivity index (χ0n) is 14.2. The number of rotatable bonds is 4. The smallest absolute Gasteiger partial charge is 0.233 e. The van der Waals surface area contributed by atoms with Crippen LogP contribution >= 0.6 is 0 Å². The zero-order valence-corrected chi connectivity index (χ0v) is 14.2. The molecule has 0 unspecified atom stereocenters. The average Bonchev–Trinajstić information content (AvgIpc) is 2.91. The Morgan fingerprint density at radius 1 is 1.08 bits per heavy atom. The highest BCUT2D eigenvalue weighted by Gasteiger charge is 2.46. The van der Waals surface area contributed by atoms with Crippen molar-refractivity contribution in [1.29, 1.82) is 0 Å². The van der Waals surface area contributed by atoms with E-state index in [4.69, 9.17) is 0 Å². The molecule has 1 aromatic carbocycles. The van der Waals surface area contributed by atoms with Crippen molar-refractivity contribution in [3.05, 3.63) is 48.7 Å². The van der Waals surface area contributed by atoms with Gasteiger partial charge in [0.1, 0.15) is 0 Å². The fourth-order valence-electron chi connectivity index (χ4n) is 3.72. The quantitative estimate of drug-likeness (QED) is 0.679. The molecule has 0 bridgehead atoms. The Bertz CT molecular complexity index is 890. The zero-order chi connectivity index (χ0) is 18.1. The Balaban J connectivity index is 1.41. The summed E-state index contributed by atoms with van der Waals surface area (Å²) in [4.78, 5) is 42.7. The highest BCUT2D eigenvalue weighted by atomic mass is 16.2. The number of allylic oxidation sites excluding steroid dienone is 2. The summed E-state index contributed by atoms with van der Waals surface area (Å²) in [6.45, 7) is 0.120. The highest BCUT2D eigenvalue weighted by molar-refractivity contribution is 6.06. The van der Waals surface area contributed by atoms with Gasteiger partial charge in [-0.1, -0.05) is 30.4 Å². The second kappa shape index (κ2) is 6.71. The van der Waals surface area contributed by atoms with Gasteiger partial charge in [-0.2, -0.15) is 0 Å². The normalized spacial score (nSPS) is 21.9. The van der Waals surface area contributed by atoms with E-state index in [1.807, 2.05) is 36.4 Å². The topological polar surface area (TPSA) is 79.4 Å². The van der Waals surface area contributed by atoms with Crippen LogP contribution in [0.5, 0.6) is 0 Å². The molecule has 4 rings (SSSR count). The van der Waals surface area contributed by atoms with Crippen LogP contribution in [0.15, 0.2) is 48.7 Å². The molecule has 0 spiro atoms. The molecule has 132 valence electrons. The summed E-state index contributed by atoms with van der Waals surface area (Å²) in [7, 11) is 0. The van der Waals surface area contributed by atoms with Crippen LogP contribution in [-0.4, -0.2) is 34.2 Å². The monoisotopic (exact) mass is 349 g/mol. The number of amides is 3. The lowest BCUT2D eigenvalue weighted by atomic mass is 9.85. The van der Waals surface area contributed by atoms with E-state index in [0.717, 1.165) is 5.39 Å². The number of pyridine rings is 1. The number of benzene rings is 1. The van der Waals surface area contributed by atoms with Gasteiger partial charge in [0.15, 0.2) is 0 Å². The van der Waals surface area contributed by atoms with Gasteiger partial charge in [-0.25, -0.2) is 0 Å². The molecule has 1 saturated heterocycles. The van der Waals surface area contributed by atoms with Gasteiger partial charge in [0, 0.05) is 24.5 Å². The lowest BCUT2D eigenvalue weighted by molar-refractivity contribution is -0.140. The number of carbonyl (C=O) groups is 3. The molecule has 0 radical (unpaired) electrons. The lowest BCUT2D eigenvalue weighted by Crippen LogP contribution is -2.34. The van der Waals surface area contributed by atoms with Crippen molar-refractivity contribution in [2.45, 2.75) is 19.3 Å². The summed E-state index contributed by atoms with van der Waals surface area (Å²) in [6, 6.07) is 9.34. The molecular formula is C20H19N3O3. The number of para-hydroxylation sites is 1. The largest absolute Gasteiger partial charge is 0.324 e. The molecule has 1 N–H and O–H groups in total. The number of likely N-dealkylation sites (tertiary alicyclic amines) is 1. The summed E-state index contributed by atoms with van der Waals surface area (Å²) in [5.74, 6) is -1.04. The molecule has 2 aromatic rings. The van der Waals surface area contributed by atoms with Crippen LogP contribution in [0.2, 0.25) is 0 Å². The molecule has 6 heteroatoms. The maximum atomic E-state index is 12.4. The van der Waals surface area contributed by atoms with E-state index in [1.165, 1.54) is 4.90 Å². The van der Waals surface area contributed by atoms with E-state index in [0.29, 0.717) is 24.0 Å². The minimum atomic E-state index is -0.252. The third-order valence-electron chi connectivity index (χ3n) is 5.07. The standard InChI is InChI=1S/C20H19N3O3/c24-17(22-16-9-3-5-13-6-4-11-21-18(13)16)10-12-23-19(25)14-7-1-2-8-15(14)20(23)26/h1-6,9,11,14-15H,7-8,10,12H2,(H,22,24)/t14-,15-/m0/s1. The SMILES string of the molecule is O=C(CCN1C(=O)[C@H]2CC=CC[C@@H]2C1=O)Nc1cccc2cccnc12. The van der Waals surface area contributed by atoms with Crippen LogP contribution < -0.4 is 5.32 Å². The van der Waals surface area contributed by atoms with E-state index in [2.05, 4.69) is 10.3 Å². The van der Waals surface area contributed by atoms with Crippen LogP contribution in [0.25, 0.3) is 10.9 Å². The predicted octanol–water partition coefficient (Wildman–Crippen LogP) is 2.51. The van der Waals surface area contributed by atoms with Crippen LogP contribution in [0.1, 0.15) is 19.3 Å². The third kappa shape index (κ3) is 2.87. The Kier molecular flexibility index (Phi) is 4.24. The van der Waals surface area contributed by atoms with Crippen LogP contribution in [0.3, 0.4) is 0 Å². The first kappa shape index (κ1) is 16.4. The van der Waals surface area contributed by atoms with Crippen LogP contribution in [0.4, 0.5) is 5.69 Å². The molecular weight excluding hydrogens is 330 g/mol. The van der Waals surface area contributed by atoms with Gasteiger partial charge in [-0.05, 0) is 25.0 Å². The Morgan fingerprint density at radius 2 is 1.77 bits per heavy atom. The number of anilines is 1. The van der Waals surface area contributed by atoms with Crippen LogP contribution in [0, 0.1) is 11.8 Å². The van der Waals surface area contributed by atoms with E-state index < -0.39 is 0 Å². The molecule has 1 fully saturated rings. The Hall–Kier alpha value is -3.02. The molecule has 2 aliphatic rings. The molecule has 1 aliphatic heterocycles. The van der Waals surface area contributed by atoms with Gasteiger partial charge in [-0.3, -0.25) is 24.3 Å². The first-order valence-electron chi connectivity index (χ1n) is 8.79. The van der Waals surface area contributed by atoms with Crippen molar-refractivity contribution in [3.63, 3.8) is 0 Å². The maximum Gasteiger partial charge on any atom is 0.233 e. The molecule has 0 saturated carbocycles. The summed E-state index contributed by atoms with van der Waals surface area (Å²) in [6.07, 6.45) is 6.88. The summed E-state index contributed by atoms with van der Waals surface area (Å²) >= 11 is 0. The van der Waals surface area contributed by atoms with E-state index in [9.17, 15) is 14.4 Å². The first-order chi connectivity index (χ1) is 12.6. The number of fused-ring (bicyclic) bond motifs is 2. The number of hydrogen-bond acceptors (Lipinski definition) is 4. The van der Waals surface area contributed by atoms with E-state index in [-0.39, 0.29) is 42.5 Å². The van der Waals surface area contributed by atoms with Gasteiger partial charge in [0.25, 0.3) is 0 Å². The Morgan fingerprint density at radius 3 is 2.50 bits per heavy atom. The van der Waals surface area contributed by atoms with Gasteiger partial charge in [-0.15, -0.1) is 0 Å². The number of hydrogen-bond donors (Lipinski definition) is 1. The molecule has 3 amide bonds. The summed E-state index contributed by atoms with van der Waals surface area (Å²) in [5, 5.41) is 3.78. The van der Waals surface area contributed by atoms with Gasteiger partial charge < -0.3 is 5.32 Å². The Labute approximate surface area is 150 Å². The molecule has 26 heavy (non-hydrogen) atoms. The number of aromatic nitrogens is 1. The van der Waals surface area contributed by atoms with Gasteiger partial charge >= 0.3 is 0 Å². The van der Waals surface area contributed by atoms with Crippen molar-refractivity contribution in [2.24, 2.45) is 11.8 Å². The number of nitrogens with zero attached hydrogens (tertiary/aromatic N) is 2. The average molecular weight is 349 g/mol. The highest BCUT2D eigenvalue weighted by Crippen LogP contribution is 2.35. The number of nitrogens with one attached hydrogen (secondary N) is 1. The second-order valence-electron chi connectivity index (χ2n) is 6.66. The van der Waals surface area contributed by atoms with Gasteiger partial charge in [0.2, 0.25) is 17.7 Å². The van der Waals surface area contributed by atoms with E-state index >= 15 is 0 Å². The minimum absolute atomic E-state index is 0.0770. The molecule has 6 nitrogen and oxygen atoms in total. The summed E-state index contributed by atoms with van der Waals surface area (Å²) in [5.41, 5.74) is 1.35. The van der Waals surface area contributed by atoms with Crippen molar-refractivity contribution in [1.82, 2.24) is 9.88 Å². The minimum Gasteiger partial charge on any atom is -0.324 e. The van der Waals surface area contributed by atoms with Crippen molar-refractivity contribution < 1.29 is 14.4 Å². The van der Waals surface area contributed by atoms with Crippen molar-refractivity contribution in [3.8, 4) is 0 Å². The maximum absolute atomic E-state index is 12.4. The molecule has 1 aromatic heterocycles. The van der Waals surface area contributed by atoms with Crippen LogP contribution in [-0.2, 0) is 14.4 Å². The molecule has 1 aliphatic carbocycles. The van der Waals surface area contributed by atoms with E-state index in [1.54, 1.807) is 12.3 Å². The predicted molar refractivity (Wildman–Crippen MR) is 97.1 cm³/mol. The lowest BCUT2D eigenvalue weighted by Gasteiger charge is -2.14. The fraction of sp³-hybridized carbons (Fsp3) is 0.300. The first-order valence-corrected chi connectivity index (χ1v) is 8.79. The van der Waals surface area contributed by atoms with Crippen molar-refractivity contribution >= 4 is 34.3 Å². The second-order valence-corrected chi connectivity index (χ2v) is 6.66. The number of carbonyl (C=O) groups excluding carboxylic acids is 3. The third-order valence-corrected chi connectivity index (χ3v) is 5.07. The fourth-order valence-corrected chi connectivity index (χ4v) is 3.72. The van der Waals surface area contributed by atoms with Gasteiger partial charge in [0.05, 0.1) is 23.0 Å².